The van der Waals surface area contributed by atoms with Crippen LogP contribution < -0.4 is 5.32 Å². The first-order chi connectivity index (χ1) is 10.1. The number of thioether (sulfide) groups is 1. The molecule has 1 aromatic heterocycles. The van der Waals surface area contributed by atoms with Gasteiger partial charge in [0.15, 0.2) is 11.0 Å². The number of rotatable bonds is 4. The van der Waals surface area contributed by atoms with Crippen molar-refractivity contribution in [2.75, 3.05) is 12.3 Å². The maximum atomic E-state index is 11.0. The summed E-state index contributed by atoms with van der Waals surface area (Å²) in [6.45, 7) is 2.60. The minimum Gasteiger partial charge on any atom is -0.443 e. The van der Waals surface area contributed by atoms with E-state index in [-0.39, 0.29) is 12.2 Å². The lowest BCUT2D eigenvalue weighted by Crippen LogP contribution is -2.17. The van der Waals surface area contributed by atoms with Crippen LogP contribution in [0.15, 0.2) is 29.4 Å². The van der Waals surface area contributed by atoms with E-state index in [1.165, 1.54) is 17.3 Å². The minimum absolute atomic E-state index is 0.110. The highest BCUT2D eigenvalue weighted by Gasteiger charge is 2.23. The smallest absolute Gasteiger partial charge is 0.407 e. The van der Waals surface area contributed by atoms with Crippen LogP contribution in [0.4, 0.5) is 4.79 Å². The van der Waals surface area contributed by atoms with Gasteiger partial charge in [0.2, 0.25) is 0 Å². The Morgan fingerprint density at radius 2 is 2.33 bits per heavy atom. The van der Waals surface area contributed by atoms with E-state index in [0.717, 1.165) is 16.5 Å². The summed E-state index contributed by atoms with van der Waals surface area (Å²) in [5.74, 6) is 1.50. The van der Waals surface area contributed by atoms with Crippen molar-refractivity contribution in [1.82, 2.24) is 20.1 Å². The fourth-order valence-electron chi connectivity index (χ4n) is 2.17. The molecule has 0 saturated carbocycles. The highest BCUT2D eigenvalue weighted by Crippen LogP contribution is 2.24. The fraction of sp³-hybridized carbons (Fsp3) is 0.357. The average Bonchev–Trinajstić information content (AvgIpc) is 3.03. The summed E-state index contributed by atoms with van der Waals surface area (Å²) in [6, 6.07) is 8.17. The van der Waals surface area contributed by atoms with E-state index in [1.807, 2.05) is 23.7 Å². The lowest BCUT2D eigenvalue weighted by atomic mass is 10.1. The van der Waals surface area contributed by atoms with Gasteiger partial charge in [0.1, 0.15) is 6.10 Å². The largest absolute Gasteiger partial charge is 0.443 e. The van der Waals surface area contributed by atoms with Crippen LogP contribution in [-0.2, 0) is 11.8 Å². The van der Waals surface area contributed by atoms with Crippen LogP contribution in [0.25, 0.3) is 11.4 Å². The molecule has 2 aromatic rings. The lowest BCUT2D eigenvalue weighted by Gasteiger charge is -2.07. The number of alkyl carbamates (subject to hydrolysis) is 1. The summed E-state index contributed by atoms with van der Waals surface area (Å²) >= 11 is 1.54. The third kappa shape index (κ3) is 3.02. The van der Waals surface area contributed by atoms with Crippen LogP contribution in [0.3, 0.4) is 0 Å². The number of cyclic esters (lactones) is 1. The predicted molar refractivity (Wildman–Crippen MR) is 80.2 cm³/mol. The first kappa shape index (κ1) is 13.9. The van der Waals surface area contributed by atoms with Gasteiger partial charge in [-0.3, -0.25) is 0 Å². The van der Waals surface area contributed by atoms with Crippen LogP contribution in [0.1, 0.15) is 5.56 Å². The maximum absolute atomic E-state index is 11.0. The third-order valence-electron chi connectivity index (χ3n) is 3.26. The van der Waals surface area contributed by atoms with E-state index in [0.29, 0.717) is 12.3 Å². The lowest BCUT2D eigenvalue weighted by molar-refractivity contribution is 0.150. The van der Waals surface area contributed by atoms with Crippen molar-refractivity contribution in [1.29, 1.82) is 0 Å². The molecule has 1 N–H and O–H groups in total. The van der Waals surface area contributed by atoms with Gasteiger partial charge in [-0.1, -0.05) is 35.5 Å². The van der Waals surface area contributed by atoms with Gasteiger partial charge >= 0.3 is 6.09 Å². The molecule has 1 amide bonds. The Bertz CT molecular complexity index is 671. The molecule has 1 aliphatic heterocycles. The zero-order valence-corrected chi connectivity index (χ0v) is 12.7. The first-order valence-corrected chi connectivity index (χ1v) is 7.66. The van der Waals surface area contributed by atoms with Crippen molar-refractivity contribution in [2.45, 2.75) is 18.2 Å². The zero-order chi connectivity index (χ0) is 14.8. The molecule has 0 unspecified atom stereocenters. The predicted octanol–water partition coefficient (Wildman–Crippen LogP) is 1.99. The summed E-state index contributed by atoms with van der Waals surface area (Å²) in [5, 5.41) is 11.9. The molecule has 0 spiro atoms. The Labute approximate surface area is 126 Å². The highest BCUT2D eigenvalue weighted by molar-refractivity contribution is 7.99. The number of nitrogens with one attached hydrogen (secondary N) is 1. The average molecular weight is 304 g/mol. The Morgan fingerprint density at radius 1 is 1.48 bits per heavy atom. The number of benzene rings is 1. The second kappa shape index (κ2) is 5.77. The van der Waals surface area contributed by atoms with Crippen LogP contribution >= 0.6 is 11.8 Å². The van der Waals surface area contributed by atoms with Gasteiger partial charge in [-0.15, -0.1) is 10.2 Å². The summed E-state index contributed by atoms with van der Waals surface area (Å²) in [7, 11) is 1.94. The standard InChI is InChI=1S/C14H16N4O2S/c1-9-4-3-5-10(6-9)12-16-17-13(18(12)2)21-8-11-7-15-14(19)20-11/h3-6,11H,7-8H2,1-2H3,(H,15,19)/t11-/m0/s1. The minimum atomic E-state index is -0.348. The number of aryl methyl sites for hydroxylation is 1. The SMILES string of the molecule is Cc1cccc(-c2nnc(SC[C@@H]3CNC(=O)O3)n2C)c1. The topological polar surface area (TPSA) is 69.0 Å². The van der Waals surface area contributed by atoms with Gasteiger partial charge in [0, 0.05) is 18.4 Å². The Hall–Kier alpha value is -2.02. The molecule has 7 heteroatoms. The fourth-order valence-corrected chi connectivity index (χ4v) is 3.07. The molecule has 110 valence electrons. The molecule has 21 heavy (non-hydrogen) atoms. The van der Waals surface area contributed by atoms with Crippen LogP contribution in [-0.4, -0.2) is 39.3 Å². The summed E-state index contributed by atoms with van der Waals surface area (Å²) in [6.07, 6.45) is -0.458. The van der Waals surface area contributed by atoms with Crippen molar-refractivity contribution < 1.29 is 9.53 Å². The Morgan fingerprint density at radius 3 is 3.05 bits per heavy atom. The van der Waals surface area contributed by atoms with E-state index in [9.17, 15) is 4.79 Å². The van der Waals surface area contributed by atoms with Crippen LogP contribution in [0, 0.1) is 6.92 Å². The van der Waals surface area contributed by atoms with Crippen molar-refractivity contribution in [2.24, 2.45) is 7.05 Å². The molecule has 1 aromatic carbocycles. The number of ether oxygens (including phenoxy) is 1. The van der Waals surface area contributed by atoms with Gasteiger partial charge in [-0.25, -0.2) is 4.79 Å². The van der Waals surface area contributed by atoms with Gasteiger partial charge in [-0.05, 0) is 13.0 Å². The summed E-state index contributed by atoms with van der Waals surface area (Å²) < 4.78 is 7.06. The Kier molecular flexibility index (Phi) is 3.83. The molecular formula is C14H16N4O2S. The number of nitrogens with zero attached hydrogens (tertiary/aromatic N) is 3. The third-order valence-corrected chi connectivity index (χ3v) is 4.41. The summed E-state index contributed by atoms with van der Waals surface area (Å²) in [4.78, 5) is 11.0. The monoisotopic (exact) mass is 304 g/mol. The van der Waals surface area contributed by atoms with Gasteiger partial charge in [0.05, 0.1) is 6.54 Å². The van der Waals surface area contributed by atoms with Crippen LogP contribution in [0.2, 0.25) is 0 Å². The molecule has 3 rings (SSSR count). The van der Waals surface area contributed by atoms with Crippen molar-refractivity contribution in [3.63, 3.8) is 0 Å². The van der Waals surface area contributed by atoms with Crippen LogP contribution in [0.5, 0.6) is 0 Å². The molecule has 1 fully saturated rings. The number of amides is 1. The number of carbonyl (C=O) groups is 1. The molecular weight excluding hydrogens is 288 g/mol. The van der Waals surface area contributed by atoms with E-state index < -0.39 is 0 Å². The Balaban J connectivity index is 1.72. The molecule has 2 heterocycles. The van der Waals surface area contributed by atoms with E-state index in [4.69, 9.17) is 4.74 Å². The second-order valence-corrected chi connectivity index (χ2v) is 5.94. The number of aromatic nitrogens is 3. The highest BCUT2D eigenvalue weighted by atomic mass is 32.2. The molecule has 1 saturated heterocycles. The second-order valence-electron chi connectivity index (χ2n) is 4.95. The molecule has 0 radical (unpaired) electrons. The summed E-state index contributed by atoms with van der Waals surface area (Å²) in [5.41, 5.74) is 2.24. The quantitative estimate of drug-likeness (QED) is 0.875. The van der Waals surface area contributed by atoms with E-state index in [1.54, 1.807) is 0 Å². The number of hydrogen-bond donors (Lipinski definition) is 1. The van der Waals surface area contributed by atoms with Crippen molar-refractivity contribution in [3.05, 3.63) is 29.8 Å². The normalized spacial score (nSPS) is 17.6. The van der Waals surface area contributed by atoms with Gasteiger partial charge < -0.3 is 14.6 Å². The molecule has 6 nitrogen and oxygen atoms in total. The first-order valence-electron chi connectivity index (χ1n) is 6.67. The molecule has 1 atom stereocenters. The van der Waals surface area contributed by atoms with Crippen molar-refractivity contribution in [3.8, 4) is 11.4 Å². The number of hydrogen-bond acceptors (Lipinski definition) is 5. The number of carbonyl (C=O) groups excluding carboxylic acids is 1. The zero-order valence-electron chi connectivity index (χ0n) is 11.9. The molecule has 0 bridgehead atoms. The van der Waals surface area contributed by atoms with Crippen molar-refractivity contribution >= 4 is 17.9 Å². The van der Waals surface area contributed by atoms with Gasteiger partial charge in [-0.2, -0.15) is 0 Å². The molecule has 1 aliphatic rings. The van der Waals surface area contributed by atoms with E-state index >= 15 is 0 Å². The maximum Gasteiger partial charge on any atom is 0.407 e. The molecule has 0 aliphatic carbocycles. The van der Waals surface area contributed by atoms with Gasteiger partial charge in [0.25, 0.3) is 0 Å². The van der Waals surface area contributed by atoms with E-state index in [2.05, 4.69) is 34.6 Å².